The van der Waals surface area contributed by atoms with Crippen LogP contribution in [-0.4, -0.2) is 20.7 Å². The monoisotopic (exact) mass is 334 g/mol. The Kier molecular flexibility index (Phi) is 3.88. The first-order valence-corrected chi connectivity index (χ1v) is 8.07. The van der Waals surface area contributed by atoms with Crippen LogP contribution in [0.15, 0.2) is 24.4 Å². The lowest BCUT2D eigenvalue weighted by Crippen LogP contribution is -2.18. The molecule has 0 aliphatic heterocycles. The van der Waals surface area contributed by atoms with Gasteiger partial charge >= 0.3 is 0 Å². The van der Waals surface area contributed by atoms with Crippen LogP contribution in [0.4, 0.5) is 5.13 Å². The Hall–Kier alpha value is -1.92. The van der Waals surface area contributed by atoms with Gasteiger partial charge in [0.2, 0.25) is 0 Å². The minimum absolute atomic E-state index is 0.118. The zero-order chi connectivity index (χ0) is 15.9. The molecule has 0 bridgehead atoms. The molecule has 0 radical (unpaired) electrons. The van der Waals surface area contributed by atoms with Gasteiger partial charge in [-0.15, -0.1) is 0 Å². The van der Waals surface area contributed by atoms with Gasteiger partial charge in [0, 0.05) is 17.3 Å². The van der Waals surface area contributed by atoms with Crippen molar-refractivity contribution in [1.29, 1.82) is 0 Å². The number of hydrogen-bond donors (Lipinski definition) is 1. The molecule has 3 aromatic rings. The number of nitrogens with zero attached hydrogens (tertiary/aromatic N) is 3. The van der Waals surface area contributed by atoms with Crippen LogP contribution in [0.5, 0.6) is 0 Å². The highest BCUT2D eigenvalue weighted by molar-refractivity contribution is 7.22. The molecule has 0 aliphatic carbocycles. The Balaban J connectivity index is 1.91. The summed E-state index contributed by atoms with van der Waals surface area (Å²) in [5.41, 5.74) is 2.26. The van der Waals surface area contributed by atoms with Crippen molar-refractivity contribution in [3.05, 3.63) is 40.7 Å². The van der Waals surface area contributed by atoms with Gasteiger partial charge in [-0.25, -0.2) is 4.98 Å². The van der Waals surface area contributed by atoms with E-state index in [4.69, 9.17) is 11.6 Å². The molecule has 0 spiro atoms. The van der Waals surface area contributed by atoms with Gasteiger partial charge < -0.3 is 0 Å². The molecule has 1 aromatic carbocycles. The average Bonchev–Trinajstić information content (AvgIpc) is 3.09. The van der Waals surface area contributed by atoms with Crippen molar-refractivity contribution in [1.82, 2.24) is 14.8 Å². The lowest BCUT2D eigenvalue weighted by molar-refractivity contribution is 0.101. The highest BCUT2D eigenvalue weighted by Gasteiger charge is 2.16. The van der Waals surface area contributed by atoms with Crippen LogP contribution in [0.3, 0.4) is 0 Å². The number of fused-ring (bicyclic) bond motifs is 1. The van der Waals surface area contributed by atoms with Gasteiger partial charge in [-0.1, -0.05) is 22.9 Å². The molecule has 5 nitrogen and oxygen atoms in total. The van der Waals surface area contributed by atoms with Crippen molar-refractivity contribution in [2.45, 2.75) is 26.8 Å². The minimum atomic E-state index is -0.214. The zero-order valence-electron chi connectivity index (χ0n) is 12.4. The van der Waals surface area contributed by atoms with E-state index < -0.39 is 0 Å². The van der Waals surface area contributed by atoms with Crippen molar-refractivity contribution >= 4 is 44.2 Å². The third-order valence-corrected chi connectivity index (χ3v) is 4.71. The number of rotatable bonds is 3. The Morgan fingerprint density at radius 1 is 1.36 bits per heavy atom. The maximum Gasteiger partial charge on any atom is 0.275 e. The predicted molar refractivity (Wildman–Crippen MR) is 89.9 cm³/mol. The second-order valence-corrected chi connectivity index (χ2v) is 6.68. The van der Waals surface area contributed by atoms with Gasteiger partial charge in [0.25, 0.3) is 5.91 Å². The van der Waals surface area contributed by atoms with Crippen LogP contribution in [0, 0.1) is 6.92 Å². The van der Waals surface area contributed by atoms with Gasteiger partial charge in [0.05, 0.1) is 10.2 Å². The van der Waals surface area contributed by atoms with E-state index >= 15 is 0 Å². The summed E-state index contributed by atoms with van der Waals surface area (Å²) in [6.45, 7) is 5.88. The lowest BCUT2D eigenvalue weighted by Gasteiger charge is -2.09. The maximum atomic E-state index is 12.4. The Morgan fingerprint density at radius 3 is 2.86 bits per heavy atom. The van der Waals surface area contributed by atoms with Crippen molar-refractivity contribution < 1.29 is 4.79 Å². The molecule has 22 heavy (non-hydrogen) atoms. The summed E-state index contributed by atoms with van der Waals surface area (Å²) in [6.07, 6.45) is 1.62. The number of amides is 1. The molecular formula is C15H15ClN4OS. The first-order valence-electron chi connectivity index (χ1n) is 6.88. The number of hydrogen-bond acceptors (Lipinski definition) is 4. The molecule has 7 heteroatoms. The van der Waals surface area contributed by atoms with Crippen molar-refractivity contribution in [2.24, 2.45) is 0 Å². The first-order chi connectivity index (χ1) is 10.5. The summed E-state index contributed by atoms with van der Waals surface area (Å²) in [5.74, 6) is -0.214. The molecule has 0 unspecified atom stereocenters. The average molecular weight is 335 g/mol. The van der Waals surface area contributed by atoms with Crippen LogP contribution in [0.1, 0.15) is 35.9 Å². The highest BCUT2D eigenvalue weighted by Crippen LogP contribution is 2.31. The number of aryl methyl sites for hydroxylation is 1. The molecule has 114 valence electrons. The molecule has 0 aliphatic rings. The zero-order valence-corrected chi connectivity index (χ0v) is 14.0. The quantitative estimate of drug-likeness (QED) is 0.777. The number of benzene rings is 1. The van der Waals surface area contributed by atoms with Crippen molar-refractivity contribution in [3.63, 3.8) is 0 Å². The van der Waals surface area contributed by atoms with Crippen molar-refractivity contribution in [2.75, 3.05) is 5.32 Å². The van der Waals surface area contributed by atoms with Crippen LogP contribution in [0.25, 0.3) is 10.2 Å². The number of halogens is 1. The fourth-order valence-electron chi connectivity index (χ4n) is 2.22. The fourth-order valence-corrected chi connectivity index (χ4v) is 3.29. The minimum Gasteiger partial charge on any atom is -0.296 e. The van der Waals surface area contributed by atoms with Gasteiger partial charge in [0.1, 0.15) is 5.69 Å². The van der Waals surface area contributed by atoms with Crippen LogP contribution < -0.4 is 5.32 Å². The number of aromatic nitrogens is 3. The van der Waals surface area contributed by atoms with E-state index in [1.807, 2.05) is 32.9 Å². The van der Waals surface area contributed by atoms with E-state index in [9.17, 15) is 4.79 Å². The van der Waals surface area contributed by atoms with E-state index in [0.717, 1.165) is 15.8 Å². The highest BCUT2D eigenvalue weighted by atomic mass is 35.5. The van der Waals surface area contributed by atoms with E-state index in [1.54, 1.807) is 16.9 Å². The lowest BCUT2D eigenvalue weighted by atomic mass is 10.2. The number of anilines is 1. The first kappa shape index (κ1) is 15.0. The van der Waals surface area contributed by atoms with Gasteiger partial charge in [-0.2, -0.15) is 5.10 Å². The second kappa shape index (κ2) is 5.70. The number of thiazole rings is 1. The van der Waals surface area contributed by atoms with Gasteiger partial charge in [0.15, 0.2) is 5.13 Å². The summed E-state index contributed by atoms with van der Waals surface area (Å²) < 4.78 is 2.68. The van der Waals surface area contributed by atoms with E-state index in [1.165, 1.54) is 11.3 Å². The molecule has 0 atom stereocenters. The standard InChI is InChI=1S/C15H15ClN4OS/c1-8(2)20-11(6-7-17-20)14(21)19-15-18-13-9(3)10(16)4-5-12(13)22-15/h4-8H,1-3H3,(H,18,19,21). The second-order valence-electron chi connectivity index (χ2n) is 5.25. The van der Waals surface area contributed by atoms with Gasteiger partial charge in [-0.3, -0.25) is 14.8 Å². The summed E-state index contributed by atoms with van der Waals surface area (Å²) >= 11 is 7.53. The van der Waals surface area contributed by atoms with E-state index in [2.05, 4.69) is 15.4 Å². The molecule has 1 amide bonds. The Bertz CT molecular complexity index is 852. The SMILES string of the molecule is Cc1c(Cl)ccc2sc(NC(=O)c3ccnn3C(C)C)nc12. The van der Waals surface area contributed by atoms with Crippen LogP contribution in [-0.2, 0) is 0 Å². The molecule has 1 N–H and O–H groups in total. The molecule has 2 aromatic heterocycles. The summed E-state index contributed by atoms with van der Waals surface area (Å²) in [6, 6.07) is 5.57. The number of nitrogens with one attached hydrogen (secondary N) is 1. The third-order valence-electron chi connectivity index (χ3n) is 3.36. The molecule has 0 saturated heterocycles. The van der Waals surface area contributed by atoms with Crippen LogP contribution in [0.2, 0.25) is 5.02 Å². The molecule has 0 saturated carbocycles. The van der Waals surface area contributed by atoms with Crippen molar-refractivity contribution in [3.8, 4) is 0 Å². The largest absolute Gasteiger partial charge is 0.296 e. The van der Waals surface area contributed by atoms with E-state index in [-0.39, 0.29) is 11.9 Å². The van der Waals surface area contributed by atoms with E-state index in [0.29, 0.717) is 15.8 Å². The Morgan fingerprint density at radius 2 is 2.14 bits per heavy atom. The smallest absolute Gasteiger partial charge is 0.275 e. The topological polar surface area (TPSA) is 59.8 Å². The maximum absolute atomic E-state index is 12.4. The molecule has 3 rings (SSSR count). The molecule has 2 heterocycles. The summed E-state index contributed by atoms with van der Waals surface area (Å²) in [5, 5.41) is 8.24. The number of carbonyl (C=O) groups excluding carboxylic acids is 1. The molecular weight excluding hydrogens is 320 g/mol. The fraction of sp³-hybridized carbons (Fsp3) is 0.267. The predicted octanol–water partition coefficient (Wildman–Crippen LogP) is 4.29. The normalized spacial score (nSPS) is 11.3. The van der Waals surface area contributed by atoms with Crippen LogP contribution >= 0.6 is 22.9 Å². The summed E-state index contributed by atoms with van der Waals surface area (Å²) in [7, 11) is 0. The molecule has 0 fully saturated rings. The van der Waals surface area contributed by atoms with Gasteiger partial charge in [-0.05, 0) is 44.5 Å². The third kappa shape index (κ3) is 2.60. The number of carbonyl (C=O) groups is 1. The summed E-state index contributed by atoms with van der Waals surface area (Å²) in [4.78, 5) is 16.9. The Labute approximate surface area is 136 Å².